The maximum atomic E-state index is 18.1. The van der Waals surface area contributed by atoms with E-state index in [4.69, 9.17) is 15.1 Å². The van der Waals surface area contributed by atoms with Crippen molar-refractivity contribution in [2.24, 2.45) is 0 Å². The fourth-order valence-electron chi connectivity index (χ4n) is 25.0. The Morgan fingerprint density at radius 3 is 1.05 bits per heavy atom. The van der Waals surface area contributed by atoms with E-state index in [0.717, 1.165) is 161 Å². The summed E-state index contributed by atoms with van der Waals surface area (Å²) in [6.45, 7) is 17.5. The Kier molecular flexibility index (Phi) is 17.3. The molecule has 24 aromatic rings. The van der Waals surface area contributed by atoms with E-state index < -0.39 is 89.3 Å². The van der Waals surface area contributed by atoms with Gasteiger partial charge in [0.05, 0.1) is 25.1 Å². The van der Waals surface area contributed by atoms with Crippen LogP contribution in [0.5, 0.6) is 0 Å². The molecule has 1 heterocycles. The summed E-state index contributed by atoms with van der Waals surface area (Å²) in [5.41, 5.74) is 24.9. The first-order valence-electron chi connectivity index (χ1n) is 56.8. The Balaban J connectivity index is 0.000000117. The predicted molar refractivity (Wildman–Crippen MR) is 620 cm³/mol. The molecule has 1 atom stereocenters. The Morgan fingerprint density at radius 1 is 0.211 bits per heavy atom. The van der Waals surface area contributed by atoms with Crippen molar-refractivity contribution in [2.45, 2.75) is 96.2 Å². The second-order valence-corrected chi connectivity index (χ2v) is 43.1. The molecule has 0 amide bonds. The lowest BCUT2D eigenvalue weighted by Crippen LogP contribution is -2.19. The number of fused-ring (bicyclic) bond motifs is 9. The lowest BCUT2D eigenvalue weighted by Gasteiger charge is -2.32. The quantitative estimate of drug-likeness (QED) is 0.100. The topological polar surface area (TPSA) is 9.72 Å². The molecule has 0 aliphatic heterocycles. The van der Waals surface area contributed by atoms with Gasteiger partial charge >= 0.3 is 0 Å². The molecule has 3 nitrogen and oxygen atoms in total. The van der Waals surface area contributed by atoms with Crippen molar-refractivity contribution in [3.63, 3.8) is 0 Å². The molecule has 0 saturated carbocycles. The minimum absolute atomic E-state index is 0.119. The second kappa shape index (κ2) is 33.6. The Hall–Kier alpha value is -16.9. The summed E-state index contributed by atoms with van der Waals surface area (Å²) >= 11 is 1.81. The standard InChI is InChI=1S/C50H38FN.C47H34FN.C44H33NS/c1-49(2)41-20-12-11-19-38(41)39-25-24-36(29-43(39)49)52(37-26-34-23-22-33-18-13-21-42-46(33)47(34)44(30-37)50(42,3)4)48-40(32-16-9-6-10-17-32)27-35(28-45(48)51)31-14-7-5-8-15-31;1-47(2)41-20-12-19-35-21-22-36-27-39(30-42(47)45(36)44(35)41)49(38-25-23-33(24-26-38)31-13-6-3-7-14-31)46-40(34-17-10-5-11-18-34)28-37(29-43(46)48)32-15-8-4-9-16-32;1-43(2)35-13-7-5-11-31(35)32-20-18-28(23-37(32)43)45(29-19-21-34-33-12-6-8-15-39(33)46-40(34)25-29)30-22-27-17-16-26-10-9-14-36-41(26)42(27)38(24-30)44(36,3)4/h5-30H,1-4H3;3-30H,1-2H3;5-25H,1-4H3/i5D,6D,7D,8D,9D,10D,14D,15D,16D,17D;;3D3. The monoisotopic (exact) mass is 1920 g/mol. The molecule has 6 heteroatoms. The van der Waals surface area contributed by atoms with Crippen molar-refractivity contribution in [1.29, 1.82) is 0 Å². The molecule has 5 aliphatic rings. The molecular weight excluding hydrogens is 1810 g/mol. The third-order valence-corrected chi connectivity index (χ3v) is 33.3. The Morgan fingerprint density at radius 2 is 0.551 bits per heavy atom. The average Bonchev–Trinajstić information content (AvgIpc) is 1.53. The number of nitrogens with zero attached hydrogens (tertiary/aromatic N) is 3. The summed E-state index contributed by atoms with van der Waals surface area (Å²) in [5, 5.41) is 16.1. The highest BCUT2D eigenvalue weighted by molar-refractivity contribution is 7.25. The van der Waals surface area contributed by atoms with Gasteiger partial charge in [0.2, 0.25) is 0 Å². The highest BCUT2D eigenvalue weighted by atomic mass is 32.1. The van der Waals surface area contributed by atoms with E-state index in [2.05, 4.69) is 320 Å². The highest BCUT2D eigenvalue weighted by Gasteiger charge is 2.43. The van der Waals surface area contributed by atoms with Crippen LogP contribution in [0.15, 0.2) is 455 Å². The molecule has 147 heavy (non-hydrogen) atoms. The van der Waals surface area contributed by atoms with Crippen LogP contribution in [0, 0.1) is 11.6 Å². The average molecular weight is 1920 g/mol. The summed E-state index contributed by atoms with van der Waals surface area (Å²) in [6, 6.07) is 129. The van der Waals surface area contributed by atoms with Crippen LogP contribution < -0.4 is 14.7 Å². The molecule has 1 unspecified atom stereocenters. The minimum atomic E-state index is -2.24. The van der Waals surface area contributed by atoms with Crippen molar-refractivity contribution in [2.75, 3.05) is 14.7 Å². The lowest BCUT2D eigenvalue weighted by molar-refractivity contribution is 0.629. The van der Waals surface area contributed by atoms with Gasteiger partial charge in [-0.05, 0) is 302 Å². The maximum absolute atomic E-state index is 18.1. The van der Waals surface area contributed by atoms with Crippen LogP contribution in [0.1, 0.15) is 143 Å². The zero-order valence-electron chi connectivity index (χ0n) is 95.5. The molecule has 0 radical (unpaired) electrons. The zero-order chi connectivity index (χ0) is 111. The first kappa shape index (κ1) is 75.8. The van der Waals surface area contributed by atoms with Gasteiger partial charge in [0.1, 0.15) is 11.6 Å². The van der Waals surface area contributed by atoms with E-state index in [1.807, 2.05) is 140 Å². The molecule has 29 rings (SSSR count). The van der Waals surface area contributed by atoms with Crippen molar-refractivity contribution in [1.82, 2.24) is 0 Å². The van der Waals surface area contributed by atoms with Crippen molar-refractivity contribution in [3.8, 4) is 77.9 Å². The number of anilines is 9. The van der Waals surface area contributed by atoms with E-state index in [9.17, 15) is 2.74 Å². The van der Waals surface area contributed by atoms with Gasteiger partial charge in [-0.1, -0.05) is 409 Å². The van der Waals surface area contributed by atoms with Crippen molar-refractivity contribution >= 4 is 147 Å². The third kappa shape index (κ3) is 14.0. The molecule has 0 saturated heterocycles. The van der Waals surface area contributed by atoms with Gasteiger partial charge in [-0.15, -0.1) is 11.3 Å². The van der Waals surface area contributed by atoms with Crippen LogP contribution in [0.4, 0.5) is 60.0 Å². The van der Waals surface area contributed by atoms with Crippen LogP contribution in [0.3, 0.4) is 0 Å². The molecule has 5 aliphatic carbocycles. The SMILES string of the molecule is CC1(C)c2cccc3ccc4cc(N(c5ccc(-c6ccccc6)cc5)c5c(F)cc(-c6ccccc6)cc5-c5ccccc5)cc1c4c23.[2H]C([2H])([2H])C1(C)c2cccc3ccc4cc(N(c5ccc6c(c5)C(C)(C)c5ccccc5-6)c5ccc6c(c5)sc5ccccc56)cc1c4c23.[2H]c1c([2H])c([2H])c(-c2cc(F)c(N(c3ccc4c(c3)C(C)(C)c3ccccc3-4)c3cc4c5c(ccc6cccc(c65)C4(C)C)c3)c(-c3c([2H])c([2H])c([2H])c([2H])c3[2H])c2)c([2H])c1[2H]. The second-order valence-electron chi connectivity index (χ2n) is 42.0. The fraction of sp³-hybridized carbons (Fsp3) is 0.106. The van der Waals surface area contributed by atoms with Gasteiger partial charge in [0, 0.05) is 102 Å². The third-order valence-electron chi connectivity index (χ3n) is 32.2. The maximum Gasteiger partial charge on any atom is 0.148 e. The van der Waals surface area contributed by atoms with Gasteiger partial charge in [0.15, 0.2) is 0 Å². The Labute approximate surface area is 879 Å². The number of halogens is 2. The Bertz CT molecular complexity index is 10400. The van der Waals surface area contributed by atoms with Crippen molar-refractivity contribution < 1.29 is 26.6 Å². The van der Waals surface area contributed by atoms with Crippen LogP contribution in [0.25, 0.3) is 163 Å². The molecule has 0 fully saturated rings. The first-order valence-corrected chi connectivity index (χ1v) is 51.1. The number of benzene rings is 23. The van der Waals surface area contributed by atoms with Gasteiger partial charge in [-0.25, -0.2) is 8.78 Å². The predicted octanol–water partition coefficient (Wildman–Crippen LogP) is 39.9. The number of rotatable bonds is 14. The summed E-state index contributed by atoms with van der Waals surface area (Å²) in [6.07, 6.45) is 0. The van der Waals surface area contributed by atoms with Crippen LogP contribution in [-0.2, 0) is 27.1 Å². The van der Waals surface area contributed by atoms with Crippen LogP contribution >= 0.6 is 11.3 Å². The fourth-order valence-corrected chi connectivity index (χ4v) is 26.1. The van der Waals surface area contributed by atoms with E-state index in [0.29, 0.717) is 17.1 Å². The van der Waals surface area contributed by atoms with E-state index in [1.165, 1.54) is 75.8 Å². The summed E-state index contributed by atoms with van der Waals surface area (Å²) in [4.78, 5) is 6.20. The molecule has 0 N–H and O–H groups in total. The van der Waals surface area contributed by atoms with Gasteiger partial charge in [-0.2, -0.15) is 0 Å². The molecule has 0 spiro atoms. The number of hydrogen-bond donors (Lipinski definition) is 0. The molecule has 704 valence electrons. The van der Waals surface area contributed by atoms with Crippen molar-refractivity contribution in [3.05, 3.63) is 522 Å². The van der Waals surface area contributed by atoms with E-state index in [1.54, 1.807) is 11.0 Å². The van der Waals surface area contributed by atoms with Gasteiger partial charge in [-0.3, -0.25) is 0 Å². The summed E-state index contributed by atoms with van der Waals surface area (Å²) < 4.78 is 151. The smallest absolute Gasteiger partial charge is 0.148 e. The van der Waals surface area contributed by atoms with Crippen LogP contribution in [-0.4, -0.2) is 0 Å². The molecule has 23 aromatic carbocycles. The van der Waals surface area contributed by atoms with E-state index >= 15 is 8.78 Å². The number of thiophene rings is 1. The number of hydrogen-bond acceptors (Lipinski definition) is 4. The summed E-state index contributed by atoms with van der Waals surface area (Å²) in [7, 11) is 0. The largest absolute Gasteiger partial charge is 0.310 e. The molecule has 0 bridgehead atoms. The normalized spacial score (nSPS) is 16.3. The van der Waals surface area contributed by atoms with Gasteiger partial charge < -0.3 is 14.7 Å². The minimum Gasteiger partial charge on any atom is -0.310 e. The van der Waals surface area contributed by atoms with Crippen LogP contribution in [0.2, 0.25) is 0 Å². The van der Waals surface area contributed by atoms with E-state index in [-0.39, 0.29) is 44.6 Å². The zero-order valence-corrected chi connectivity index (χ0v) is 83.4. The summed E-state index contributed by atoms with van der Waals surface area (Å²) in [5.74, 6) is -1.18. The van der Waals surface area contributed by atoms with Gasteiger partial charge in [0.25, 0.3) is 0 Å². The lowest BCUT2D eigenvalue weighted by atomic mass is 9.81. The molecule has 1 aromatic heterocycles. The molecular formula is C141H105F2N3S. The highest BCUT2D eigenvalue weighted by Crippen LogP contribution is 2.61. The first-order chi connectivity index (χ1) is 76.9.